The van der Waals surface area contributed by atoms with Gasteiger partial charge >= 0.3 is 12.0 Å². The van der Waals surface area contributed by atoms with Crippen molar-refractivity contribution in [2.45, 2.75) is 33.6 Å². The van der Waals surface area contributed by atoms with Gasteiger partial charge in [0.05, 0.1) is 17.2 Å². The van der Waals surface area contributed by atoms with E-state index in [1.807, 2.05) is 6.92 Å². The van der Waals surface area contributed by atoms with Crippen LogP contribution < -0.4 is 21.3 Å². The van der Waals surface area contributed by atoms with Gasteiger partial charge in [0.2, 0.25) is 0 Å². The minimum atomic E-state index is -0.842. The van der Waals surface area contributed by atoms with Gasteiger partial charge in [0.15, 0.2) is 0 Å². The molecule has 0 spiro atoms. The van der Waals surface area contributed by atoms with Gasteiger partial charge in [-0.25, -0.2) is 14.2 Å². The molecule has 1 heterocycles. The number of carbonyl (C=O) groups excluding carboxylic acids is 2. The summed E-state index contributed by atoms with van der Waals surface area (Å²) < 4.78 is 14.1. The van der Waals surface area contributed by atoms with E-state index in [4.69, 9.17) is 0 Å². The van der Waals surface area contributed by atoms with Crippen LogP contribution in [-0.2, 0) is 11.2 Å². The van der Waals surface area contributed by atoms with Gasteiger partial charge in [-0.3, -0.25) is 14.9 Å². The molecule has 1 unspecified atom stereocenters. The van der Waals surface area contributed by atoms with E-state index in [2.05, 4.69) is 26.3 Å². The fraction of sp³-hybridized carbons (Fsp3) is 0.259. The molecular weight excluding hydrogens is 477 g/mol. The summed E-state index contributed by atoms with van der Waals surface area (Å²) in [7, 11) is 0. The Balaban J connectivity index is 1.83. The van der Waals surface area contributed by atoms with Crippen molar-refractivity contribution in [3.8, 4) is 0 Å². The average Bonchev–Trinajstić information content (AvgIpc) is 2.86. The summed E-state index contributed by atoms with van der Waals surface area (Å²) in [5.74, 6) is -1.99. The number of nitrogens with zero attached hydrogens (tertiary/aromatic N) is 1. The van der Waals surface area contributed by atoms with Crippen LogP contribution in [0.3, 0.4) is 0 Å². The standard InChI is InChI=1S/C27H30FN5O4/c1-4-18(26(35)36)12-17-7-10-19(11-8-17)32-25(34)21-15-30-24(33-27(37)29-5-2)14-23(21)31-20-9-6-16(3)22(28)13-20/h6-11,13-15,18H,4-5,12H2,1-3H3,(H,32,34)(H,35,36)(H3,29,30,31,33,37). The van der Waals surface area contributed by atoms with Gasteiger partial charge in [-0.2, -0.15) is 0 Å². The van der Waals surface area contributed by atoms with Crippen LogP contribution in [0.15, 0.2) is 54.7 Å². The number of aromatic nitrogens is 1. The van der Waals surface area contributed by atoms with Crippen LogP contribution in [0.4, 0.5) is 32.1 Å². The van der Waals surface area contributed by atoms with Crippen LogP contribution in [-0.4, -0.2) is 34.5 Å². The van der Waals surface area contributed by atoms with E-state index >= 15 is 0 Å². The number of rotatable bonds is 10. The van der Waals surface area contributed by atoms with Gasteiger partial charge < -0.3 is 21.1 Å². The topological polar surface area (TPSA) is 132 Å². The first-order valence-electron chi connectivity index (χ1n) is 11.9. The van der Waals surface area contributed by atoms with Gasteiger partial charge in [-0.15, -0.1) is 0 Å². The molecule has 5 N–H and O–H groups in total. The number of carboxylic acids is 1. The van der Waals surface area contributed by atoms with Crippen molar-refractivity contribution in [1.82, 2.24) is 10.3 Å². The van der Waals surface area contributed by atoms with E-state index in [-0.39, 0.29) is 11.4 Å². The lowest BCUT2D eigenvalue weighted by Crippen LogP contribution is -2.28. The third kappa shape index (κ3) is 7.50. The van der Waals surface area contributed by atoms with Crippen molar-refractivity contribution >= 4 is 40.8 Å². The molecule has 10 heteroatoms. The number of anilines is 4. The highest BCUT2D eigenvalue weighted by molar-refractivity contribution is 6.08. The highest BCUT2D eigenvalue weighted by Gasteiger charge is 2.17. The van der Waals surface area contributed by atoms with Crippen molar-refractivity contribution < 1.29 is 23.9 Å². The highest BCUT2D eigenvalue weighted by Crippen LogP contribution is 2.26. The fourth-order valence-electron chi connectivity index (χ4n) is 3.57. The van der Waals surface area contributed by atoms with Gasteiger partial charge in [0.1, 0.15) is 11.6 Å². The fourth-order valence-corrected chi connectivity index (χ4v) is 3.57. The molecule has 0 aliphatic rings. The number of carboxylic acid groups (broad SMARTS) is 1. The third-order valence-corrected chi connectivity index (χ3v) is 5.71. The second-order valence-electron chi connectivity index (χ2n) is 8.49. The molecule has 0 radical (unpaired) electrons. The second-order valence-corrected chi connectivity index (χ2v) is 8.49. The normalized spacial score (nSPS) is 11.4. The molecule has 0 saturated carbocycles. The lowest BCUT2D eigenvalue weighted by atomic mass is 9.97. The van der Waals surface area contributed by atoms with Gasteiger partial charge in [-0.05, 0) is 62.1 Å². The van der Waals surface area contributed by atoms with Crippen molar-refractivity contribution in [1.29, 1.82) is 0 Å². The molecule has 0 bridgehead atoms. The number of aryl methyl sites for hydroxylation is 1. The molecule has 3 amide bonds. The number of aliphatic carboxylic acids is 1. The molecule has 3 rings (SSSR count). The van der Waals surface area contributed by atoms with Crippen molar-refractivity contribution in [3.05, 3.63) is 77.2 Å². The molecule has 0 fully saturated rings. The van der Waals surface area contributed by atoms with E-state index in [9.17, 15) is 23.9 Å². The highest BCUT2D eigenvalue weighted by atomic mass is 19.1. The Morgan fingerprint density at radius 2 is 1.70 bits per heavy atom. The minimum absolute atomic E-state index is 0.170. The predicted molar refractivity (Wildman–Crippen MR) is 141 cm³/mol. The molecule has 0 saturated heterocycles. The molecule has 194 valence electrons. The minimum Gasteiger partial charge on any atom is -0.481 e. The molecule has 37 heavy (non-hydrogen) atoms. The van der Waals surface area contributed by atoms with Crippen LogP contribution >= 0.6 is 0 Å². The Morgan fingerprint density at radius 3 is 2.32 bits per heavy atom. The van der Waals surface area contributed by atoms with E-state index < -0.39 is 29.6 Å². The van der Waals surface area contributed by atoms with E-state index in [1.54, 1.807) is 50.2 Å². The molecule has 0 aliphatic heterocycles. The van der Waals surface area contributed by atoms with Crippen LogP contribution in [0.5, 0.6) is 0 Å². The molecule has 9 nitrogen and oxygen atoms in total. The number of halogens is 1. The van der Waals surface area contributed by atoms with Crippen LogP contribution in [0.2, 0.25) is 0 Å². The van der Waals surface area contributed by atoms with Crippen LogP contribution in [0.25, 0.3) is 0 Å². The lowest BCUT2D eigenvalue weighted by molar-refractivity contribution is -0.141. The van der Waals surface area contributed by atoms with Crippen LogP contribution in [0, 0.1) is 18.7 Å². The molecule has 2 aromatic carbocycles. The van der Waals surface area contributed by atoms with Crippen molar-refractivity contribution in [2.75, 3.05) is 22.5 Å². The summed E-state index contributed by atoms with van der Waals surface area (Å²) in [6.45, 7) is 5.68. The number of amides is 3. The summed E-state index contributed by atoms with van der Waals surface area (Å²) in [6, 6.07) is 12.6. The van der Waals surface area contributed by atoms with Gasteiger partial charge in [0.25, 0.3) is 5.91 Å². The van der Waals surface area contributed by atoms with Crippen molar-refractivity contribution in [2.24, 2.45) is 5.92 Å². The first kappa shape index (κ1) is 27.1. The number of carbonyl (C=O) groups is 3. The van der Waals surface area contributed by atoms with Gasteiger partial charge in [-0.1, -0.05) is 25.1 Å². The average molecular weight is 508 g/mol. The number of nitrogens with one attached hydrogen (secondary N) is 4. The Hall–Kier alpha value is -4.47. The Kier molecular flexibility index (Phi) is 9.15. The van der Waals surface area contributed by atoms with E-state index in [0.717, 1.165) is 5.56 Å². The molecule has 1 aromatic heterocycles. The summed E-state index contributed by atoms with van der Waals surface area (Å²) in [5.41, 5.74) is 2.73. The quantitative estimate of drug-likeness (QED) is 0.252. The van der Waals surface area contributed by atoms with E-state index in [0.29, 0.717) is 42.0 Å². The first-order chi connectivity index (χ1) is 17.7. The van der Waals surface area contributed by atoms with Crippen molar-refractivity contribution in [3.63, 3.8) is 0 Å². The Labute approximate surface area is 214 Å². The molecular formula is C27H30FN5O4. The molecule has 1 atom stereocenters. The van der Waals surface area contributed by atoms with Gasteiger partial charge in [0, 0.05) is 30.2 Å². The zero-order valence-corrected chi connectivity index (χ0v) is 20.9. The molecule has 0 aliphatic carbocycles. The molecule has 3 aromatic rings. The maximum atomic E-state index is 14.1. The SMILES string of the molecule is CCNC(=O)Nc1cc(Nc2ccc(C)c(F)c2)c(C(=O)Nc2ccc(CC(CC)C(=O)O)cc2)cn1. The zero-order valence-electron chi connectivity index (χ0n) is 20.9. The summed E-state index contributed by atoms with van der Waals surface area (Å²) in [4.78, 5) is 40.5. The maximum Gasteiger partial charge on any atom is 0.320 e. The zero-order chi connectivity index (χ0) is 26.9. The summed E-state index contributed by atoms with van der Waals surface area (Å²) >= 11 is 0. The number of hydrogen-bond acceptors (Lipinski definition) is 5. The largest absolute Gasteiger partial charge is 0.481 e. The maximum absolute atomic E-state index is 14.1. The number of benzene rings is 2. The summed E-state index contributed by atoms with van der Waals surface area (Å²) in [5, 5.41) is 20.3. The number of hydrogen-bond donors (Lipinski definition) is 5. The first-order valence-corrected chi connectivity index (χ1v) is 11.9. The predicted octanol–water partition coefficient (Wildman–Crippen LogP) is 5.32. The van der Waals surface area contributed by atoms with E-state index in [1.165, 1.54) is 18.3 Å². The number of urea groups is 1. The lowest BCUT2D eigenvalue weighted by Gasteiger charge is -2.15. The second kappa shape index (κ2) is 12.5. The van der Waals surface area contributed by atoms with Crippen LogP contribution in [0.1, 0.15) is 41.8 Å². The smallest absolute Gasteiger partial charge is 0.320 e. The monoisotopic (exact) mass is 507 g/mol. The summed E-state index contributed by atoms with van der Waals surface area (Å²) in [6.07, 6.45) is 2.23. The third-order valence-electron chi connectivity index (χ3n) is 5.71. The number of pyridine rings is 1. The Bertz CT molecular complexity index is 1280. The Morgan fingerprint density at radius 1 is 1.00 bits per heavy atom.